The Hall–Kier alpha value is -2.55. The van der Waals surface area contributed by atoms with Crippen LogP contribution in [-0.2, 0) is 4.74 Å². The Kier molecular flexibility index (Phi) is 2.80. The summed E-state index contributed by atoms with van der Waals surface area (Å²) in [5.74, 6) is -0.350. The quantitative estimate of drug-likeness (QED) is 0.707. The van der Waals surface area contributed by atoms with Gasteiger partial charge in [0.1, 0.15) is 5.69 Å². The molecule has 1 N–H and O–H groups in total. The smallest absolute Gasteiger partial charge is 0.354 e. The van der Waals surface area contributed by atoms with Gasteiger partial charge in [0.15, 0.2) is 0 Å². The molecule has 1 aromatic heterocycles. The molecule has 19 heavy (non-hydrogen) atoms. The van der Waals surface area contributed by atoms with E-state index in [2.05, 4.69) is 23.2 Å². The summed E-state index contributed by atoms with van der Waals surface area (Å²) >= 11 is 0. The average Bonchev–Trinajstić information content (AvgIpc) is 2.90. The lowest BCUT2D eigenvalue weighted by Gasteiger charge is -2.00. The lowest BCUT2D eigenvalue weighted by molar-refractivity contribution is 0.0595. The number of hydrogen-bond donors (Lipinski definition) is 1. The second kappa shape index (κ2) is 4.61. The van der Waals surface area contributed by atoms with Crippen molar-refractivity contribution in [2.75, 3.05) is 7.11 Å². The largest absolute Gasteiger partial charge is 0.464 e. The summed E-state index contributed by atoms with van der Waals surface area (Å²) in [4.78, 5) is 14.5. The van der Waals surface area contributed by atoms with Crippen LogP contribution in [-0.4, -0.2) is 18.1 Å². The van der Waals surface area contributed by atoms with Gasteiger partial charge in [-0.2, -0.15) is 0 Å². The maximum atomic E-state index is 11.5. The standard InChI is InChI=1S/C16H13NO2/c1-19-16(18)15-10-13-9-12(7-8-14(13)17-15)11-5-3-2-4-6-11/h2-10,17H,1H3. The third kappa shape index (κ3) is 2.10. The molecule has 0 unspecified atom stereocenters. The van der Waals surface area contributed by atoms with E-state index in [4.69, 9.17) is 4.74 Å². The maximum Gasteiger partial charge on any atom is 0.354 e. The van der Waals surface area contributed by atoms with E-state index in [1.807, 2.05) is 36.4 Å². The molecule has 0 atom stereocenters. The van der Waals surface area contributed by atoms with Crippen molar-refractivity contribution in [3.63, 3.8) is 0 Å². The molecule has 0 amide bonds. The van der Waals surface area contributed by atoms with E-state index in [0.29, 0.717) is 5.69 Å². The molecule has 0 aliphatic heterocycles. The summed E-state index contributed by atoms with van der Waals surface area (Å²) in [6, 6.07) is 18.0. The number of fused-ring (bicyclic) bond motifs is 1. The van der Waals surface area contributed by atoms with Crippen molar-refractivity contribution in [2.24, 2.45) is 0 Å². The van der Waals surface area contributed by atoms with Crippen LogP contribution in [0.1, 0.15) is 10.5 Å². The molecule has 0 aliphatic rings. The molecule has 3 heteroatoms. The van der Waals surface area contributed by atoms with Gasteiger partial charge in [-0.05, 0) is 29.3 Å². The highest BCUT2D eigenvalue weighted by Gasteiger charge is 2.09. The summed E-state index contributed by atoms with van der Waals surface area (Å²) in [6.07, 6.45) is 0. The number of rotatable bonds is 2. The van der Waals surface area contributed by atoms with Crippen molar-refractivity contribution < 1.29 is 9.53 Å². The second-order valence-electron chi connectivity index (χ2n) is 4.34. The SMILES string of the molecule is COC(=O)c1cc2cc(-c3ccccc3)ccc2[nH]1. The maximum absolute atomic E-state index is 11.5. The fourth-order valence-electron chi connectivity index (χ4n) is 2.16. The topological polar surface area (TPSA) is 42.1 Å². The monoisotopic (exact) mass is 251 g/mol. The Balaban J connectivity index is 2.09. The number of nitrogens with one attached hydrogen (secondary N) is 1. The van der Waals surface area contributed by atoms with Crippen molar-refractivity contribution in [3.8, 4) is 11.1 Å². The van der Waals surface area contributed by atoms with Crippen LogP contribution in [0.2, 0.25) is 0 Å². The van der Waals surface area contributed by atoms with Gasteiger partial charge in [-0.25, -0.2) is 4.79 Å². The minimum atomic E-state index is -0.350. The minimum absolute atomic E-state index is 0.350. The summed E-state index contributed by atoms with van der Waals surface area (Å²) in [5, 5.41) is 1.00. The zero-order valence-electron chi connectivity index (χ0n) is 10.5. The van der Waals surface area contributed by atoms with Crippen LogP contribution < -0.4 is 0 Å². The fraction of sp³-hybridized carbons (Fsp3) is 0.0625. The van der Waals surface area contributed by atoms with E-state index >= 15 is 0 Å². The van der Waals surface area contributed by atoms with Gasteiger partial charge in [-0.1, -0.05) is 36.4 Å². The molecule has 0 saturated heterocycles. The first kappa shape index (κ1) is 11.5. The molecule has 0 radical (unpaired) electrons. The molecule has 0 saturated carbocycles. The van der Waals surface area contributed by atoms with Gasteiger partial charge < -0.3 is 9.72 Å². The first-order valence-corrected chi connectivity index (χ1v) is 6.04. The Morgan fingerprint density at radius 1 is 1.00 bits per heavy atom. The predicted molar refractivity (Wildman–Crippen MR) is 75.1 cm³/mol. The van der Waals surface area contributed by atoms with Gasteiger partial charge in [0.05, 0.1) is 7.11 Å². The highest BCUT2D eigenvalue weighted by Crippen LogP contribution is 2.24. The number of H-pyrrole nitrogens is 1. The molecule has 3 aromatic rings. The van der Waals surface area contributed by atoms with Gasteiger partial charge in [-0.3, -0.25) is 0 Å². The van der Waals surface area contributed by atoms with E-state index in [1.165, 1.54) is 7.11 Å². The Morgan fingerprint density at radius 2 is 1.79 bits per heavy atom. The Morgan fingerprint density at radius 3 is 2.53 bits per heavy atom. The van der Waals surface area contributed by atoms with Crippen LogP contribution in [0.25, 0.3) is 22.0 Å². The van der Waals surface area contributed by atoms with Crippen LogP contribution in [0.15, 0.2) is 54.6 Å². The van der Waals surface area contributed by atoms with Crippen LogP contribution in [0.3, 0.4) is 0 Å². The van der Waals surface area contributed by atoms with Crippen molar-refractivity contribution in [1.82, 2.24) is 4.98 Å². The van der Waals surface area contributed by atoms with E-state index in [1.54, 1.807) is 0 Å². The van der Waals surface area contributed by atoms with Gasteiger partial charge in [0.2, 0.25) is 0 Å². The summed E-state index contributed by atoms with van der Waals surface area (Å²) in [7, 11) is 1.38. The zero-order valence-corrected chi connectivity index (χ0v) is 10.5. The van der Waals surface area contributed by atoms with E-state index in [0.717, 1.165) is 22.0 Å². The summed E-state index contributed by atoms with van der Waals surface area (Å²) in [6.45, 7) is 0. The number of ether oxygens (including phenoxy) is 1. The van der Waals surface area contributed by atoms with E-state index < -0.39 is 0 Å². The second-order valence-corrected chi connectivity index (χ2v) is 4.34. The van der Waals surface area contributed by atoms with Crippen LogP contribution in [0.5, 0.6) is 0 Å². The summed E-state index contributed by atoms with van der Waals surface area (Å²) in [5.41, 5.74) is 3.69. The minimum Gasteiger partial charge on any atom is -0.464 e. The van der Waals surface area contributed by atoms with Crippen molar-refractivity contribution in [1.29, 1.82) is 0 Å². The number of hydrogen-bond acceptors (Lipinski definition) is 2. The van der Waals surface area contributed by atoms with Gasteiger partial charge in [0.25, 0.3) is 0 Å². The molecule has 3 rings (SSSR count). The fourth-order valence-corrected chi connectivity index (χ4v) is 2.16. The van der Waals surface area contributed by atoms with E-state index in [-0.39, 0.29) is 5.97 Å². The molecule has 0 bridgehead atoms. The molecular weight excluding hydrogens is 238 g/mol. The van der Waals surface area contributed by atoms with Gasteiger partial charge in [0, 0.05) is 10.9 Å². The van der Waals surface area contributed by atoms with Crippen molar-refractivity contribution >= 4 is 16.9 Å². The van der Waals surface area contributed by atoms with Crippen molar-refractivity contribution in [3.05, 3.63) is 60.3 Å². The van der Waals surface area contributed by atoms with Crippen LogP contribution in [0.4, 0.5) is 0 Å². The average molecular weight is 251 g/mol. The highest BCUT2D eigenvalue weighted by atomic mass is 16.5. The lowest BCUT2D eigenvalue weighted by atomic mass is 10.0. The van der Waals surface area contributed by atoms with Crippen LogP contribution >= 0.6 is 0 Å². The summed E-state index contributed by atoms with van der Waals surface area (Å²) < 4.78 is 4.71. The van der Waals surface area contributed by atoms with Gasteiger partial charge in [-0.15, -0.1) is 0 Å². The molecule has 0 fully saturated rings. The number of esters is 1. The molecular formula is C16H13NO2. The number of aromatic nitrogens is 1. The number of carbonyl (C=O) groups excluding carboxylic acids is 1. The number of methoxy groups -OCH3 is 1. The molecule has 0 spiro atoms. The van der Waals surface area contributed by atoms with Crippen molar-refractivity contribution in [2.45, 2.75) is 0 Å². The predicted octanol–water partition coefficient (Wildman–Crippen LogP) is 3.62. The molecule has 94 valence electrons. The number of aromatic amines is 1. The first-order valence-electron chi connectivity index (χ1n) is 6.04. The Bertz CT molecular complexity index is 729. The highest BCUT2D eigenvalue weighted by molar-refractivity contribution is 5.96. The molecule has 0 aliphatic carbocycles. The zero-order chi connectivity index (χ0) is 13.2. The number of carbonyl (C=O) groups is 1. The lowest BCUT2D eigenvalue weighted by Crippen LogP contribution is -2.00. The molecule has 2 aromatic carbocycles. The normalized spacial score (nSPS) is 10.6. The van der Waals surface area contributed by atoms with Crippen LogP contribution in [0, 0.1) is 0 Å². The third-order valence-corrected chi connectivity index (χ3v) is 3.13. The first-order chi connectivity index (χ1) is 9.28. The molecule has 3 nitrogen and oxygen atoms in total. The third-order valence-electron chi connectivity index (χ3n) is 3.13. The molecule has 1 heterocycles. The Labute approximate surface area is 110 Å². The van der Waals surface area contributed by atoms with Gasteiger partial charge >= 0.3 is 5.97 Å². The number of benzene rings is 2. The van der Waals surface area contributed by atoms with E-state index in [9.17, 15) is 4.79 Å².